The van der Waals surface area contributed by atoms with Gasteiger partial charge in [0.1, 0.15) is 5.75 Å². The van der Waals surface area contributed by atoms with Gasteiger partial charge in [0, 0.05) is 10.5 Å². The Morgan fingerprint density at radius 2 is 2.16 bits per heavy atom. The molecule has 1 aromatic carbocycles. The molecule has 0 bridgehead atoms. The molecule has 0 spiro atoms. The molecular weight excluding hydrogens is 312 g/mol. The van der Waals surface area contributed by atoms with Gasteiger partial charge in [-0.1, -0.05) is 28.9 Å². The summed E-state index contributed by atoms with van der Waals surface area (Å²) in [5.74, 6) is 0.0765. The van der Waals surface area contributed by atoms with Crippen molar-refractivity contribution in [2.45, 2.75) is 26.3 Å². The van der Waals surface area contributed by atoms with Gasteiger partial charge in [0.2, 0.25) is 0 Å². The van der Waals surface area contributed by atoms with E-state index in [1.807, 2.05) is 19.9 Å². The van der Waals surface area contributed by atoms with Gasteiger partial charge in [-0.3, -0.25) is 10.1 Å². The lowest BCUT2D eigenvalue weighted by Crippen LogP contribution is -2.44. The first-order chi connectivity index (χ1) is 9.01. The Kier molecular flexibility index (Phi) is 6.35. The maximum atomic E-state index is 11.5. The Hall–Kier alpha value is -1.56. The molecule has 2 N–H and O–H groups in total. The topological polar surface area (TPSA) is 67.4 Å². The summed E-state index contributed by atoms with van der Waals surface area (Å²) in [6.07, 6.45) is 0.802. The van der Waals surface area contributed by atoms with Gasteiger partial charge in [0.25, 0.3) is 5.91 Å². The first-order valence-electron chi connectivity index (χ1n) is 6.00. The van der Waals surface area contributed by atoms with Crippen molar-refractivity contribution in [1.82, 2.24) is 10.6 Å². The van der Waals surface area contributed by atoms with Crippen LogP contribution in [0, 0.1) is 0 Å². The number of carbonyl (C=O) groups excluding carboxylic acids is 2. The highest BCUT2D eigenvalue weighted by Crippen LogP contribution is 2.17. The zero-order valence-electron chi connectivity index (χ0n) is 10.9. The van der Waals surface area contributed by atoms with Crippen molar-refractivity contribution in [3.63, 3.8) is 0 Å². The van der Waals surface area contributed by atoms with E-state index in [9.17, 15) is 9.59 Å². The van der Waals surface area contributed by atoms with E-state index in [0.29, 0.717) is 5.75 Å². The first-order valence-corrected chi connectivity index (χ1v) is 6.79. The third-order valence-electron chi connectivity index (χ3n) is 2.41. The Balaban J connectivity index is 2.34. The van der Waals surface area contributed by atoms with Crippen LogP contribution in [-0.4, -0.2) is 24.6 Å². The molecular formula is C13H17BrN2O3. The Morgan fingerprint density at radius 3 is 2.79 bits per heavy atom. The Bertz CT molecular complexity index is 451. The third kappa shape index (κ3) is 6.24. The fraction of sp³-hybridized carbons (Fsp3) is 0.385. The molecule has 1 aromatic rings. The monoisotopic (exact) mass is 328 g/mol. The van der Waals surface area contributed by atoms with Crippen molar-refractivity contribution >= 4 is 27.9 Å². The number of halogens is 1. The zero-order valence-corrected chi connectivity index (χ0v) is 12.5. The molecule has 0 unspecified atom stereocenters. The highest BCUT2D eigenvalue weighted by atomic mass is 79.9. The van der Waals surface area contributed by atoms with Gasteiger partial charge in [-0.2, -0.15) is 0 Å². The summed E-state index contributed by atoms with van der Waals surface area (Å²) < 4.78 is 6.12. The van der Waals surface area contributed by atoms with Crippen LogP contribution >= 0.6 is 15.9 Å². The van der Waals surface area contributed by atoms with Gasteiger partial charge >= 0.3 is 6.03 Å². The Labute approximate surface area is 120 Å². The molecule has 0 aliphatic rings. The number of benzene rings is 1. The first kappa shape index (κ1) is 15.5. The molecule has 0 heterocycles. The number of rotatable bonds is 5. The van der Waals surface area contributed by atoms with E-state index in [4.69, 9.17) is 4.74 Å². The minimum atomic E-state index is -0.503. The summed E-state index contributed by atoms with van der Waals surface area (Å²) in [4.78, 5) is 22.9. The highest BCUT2D eigenvalue weighted by molar-refractivity contribution is 9.10. The van der Waals surface area contributed by atoms with Gasteiger partial charge < -0.3 is 10.1 Å². The molecule has 3 amide bonds. The highest BCUT2D eigenvalue weighted by Gasteiger charge is 2.10. The molecule has 6 heteroatoms. The number of urea groups is 1. The van der Waals surface area contributed by atoms with Crippen molar-refractivity contribution < 1.29 is 14.3 Å². The summed E-state index contributed by atoms with van der Waals surface area (Å²) >= 11 is 3.30. The summed E-state index contributed by atoms with van der Waals surface area (Å²) in [6, 6.07) is 6.65. The van der Waals surface area contributed by atoms with E-state index in [2.05, 4.69) is 26.6 Å². The van der Waals surface area contributed by atoms with E-state index in [1.165, 1.54) is 0 Å². The molecule has 0 radical (unpaired) electrons. The van der Waals surface area contributed by atoms with Crippen LogP contribution < -0.4 is 15.4 Å². The standard InChI is InChI=1S/C13H17BrN2O3/c1-3-9(2)15-13(18)16-12(17)8-19-11-6-4-5-10(14)7-11/h4-7,9H,3,8H2,1-2H3,(H2,15,16,17,18)/t9-/m0/s1. The van der Waals surface area contributed by atoms with Crippen LogP contribution in [0.1, 0.15) is 20.3 Å². The molecule has 0 aliphatic heterocycles. The van der Waals surface area contributed by atoms with Crippen LogP contribution in [0.4, 0.5) is 4.79 Å². The Morgan fingerprint density at radius 1 is 1.42 bits per heavy atom. The molecule has 1 atom stereocenters. The summed E-state index contributed by atoms with van der Waals surface area (Å²) in [7, 11) is 0. The van der Waals surface area contributed by atoms with Crippen LogP contribution in [0.5, 0.6) is 5.75 Å². The van der Waals surface area contributed by atoms with E-state index in [-0.39, 0.29) is 12.6 Å². The smallest absolute Gasteiger partial charge is 0.321 e. The van der Waals surface area contributed by atoms with Crippen LogP contribution in [0.2, 0.25) is 0 Å². The van der Waals surface area contributed by atoms with Gasteiger partial charge in [-0.25, -0.2) is 4.79 Å². The molecule has 0 aliphatic carbocycles. The fourth-order valence-electron chi connectivity index (χ4n) is 1.23. The second kappa shape index (κ2) is 7.78. The maximum Gasteiger partial charge on any atom is 0.321 e. The number of ether oxygens (including phenoxy) is 1. The lowest BCUT2D eigenvalue weighted by Gasteiger charge is -2.12. The second-order valence-corrected chi connectivity index (χ2v) is 4.99. The zero-order chi connectivity index (χ0) is 14.3. The normalized spacial score (nSPS) is 11.5. The van der Waals surface area contributed by atoms with Crippen LogP contribution in [0.3, 0.4) is 0 Å². The molecule has 1 rings (SSSR count). The minimum absolute atomic E-state index is 0.0267. The second-order valence-electron chi connectivity index (χ2n) is 4.08. The van der Waals surface area contributed by atoms with Crippen LogP contribution in [0.25, 0.3) is 0 Å². The summed E-state index contributed by atoms with van der Waals surface area (Å²) in [5.41, 5.74) is 0. The lowest BCUT2D eigenvalue weighted by molar-refractivity contribution is -0.122. The molecule has 104 valence electrons. The van der Waals surface area contributed by atoms with Crippen molar-refractivity contribution in [3.8, 4) is 5.75 Å². The van der Waals surface area contributed by atoms with Crippen LogP contribution in [0.15, 0.2) is 28.7 Å². The van der Waals surface area contributed by atoms with Crippen molar-refractivity contribution in [1.29, 1.82) is 0 Å². The predicted molar refractivity (Wildman–Crippen MR) is 76.1 cm³/mol. The van der Waals surface area contributed by atoms with Crippen molar-refractivity contribution in [2.24, 2.45) is 0 Å². The number of nitrogens with one attached hydrogen (secondary N) is 2. The van der Waals surface area contributed by atoms with Gasteiger partial charge in [0.15, 0.2) is 6.61 Å². The van der Waals surface area contributed by atoms with E-state index >= 15 is 0 Å². The minimum Gasteiger partial charge on any atom is -0.484 e. The predicted octanol–water partition coefficient (Wildman–Crippen LogP) is 2.45. The van der Waals surface area contributed by atoms with Crippen LogP contribution in [-0.2, 0) is 4.79 Å². The largest absolute Gasteiger partial charge is 0.484 e. The van der Waals surface area contributed by atoms with Gasteiger partial charge in [0.05, 0.1) is 0 Å². The quantitative estimate of drug-likeness (QED) is 0.872. The number of amides is 3. The van der Waals surface area contributed by atoms with Gasteiger partial charge in [-0.15, -0.1) is 0 Å². The summed E-state index contributed by atoms with van der Waals surface area (Å²) in [6.45, 7) is 3.61. The maximum absolute atomic E-state index is 11.5. The van der Waals surface area contributed by atoms with Crippen molar-refractivity contribution in [2.75, 3.05) is 6.61 Å². The third-order valence-corrected chi connectivity index (χ3v) is 2.90. The SMILES string of the molecule is CC[C@H](C)NC(=O)NC(=O)COc1cccc(Br)c1. The summed E-state index contributed by atoms with van der Waals surface area (Å²) in [5, 5.41) is 4.84. The molecule has 19 heavy (non-hydrogen) atoms. The number of imide groups is 1. The average molecular weight is 329 g/mol. The lowest BCUT2D eigenvalue weighted by atomic mass is 10.3. The van der Waals surface area contributed by atoms with E-state index in [0.717, 1.165) is 10.9 Å². The van der Waals surface area contributed by atoms with Gasteiger partial charge in [-0.05, 0) is 31.5 Å². The number of hydrogen-bond donors (Lipinski definition) is 2. The molecule has 0 saturated heterocycles. The van der Waals surface area contributed by atoms with E-state index < -0.39 is 11.9 Å². The van der Waals surface area contributed by atoms with Crippen molar-refractivity contribution in [3.05, 3.63) is 28.7 Å². The van der Waals surface area contributed by atoms with E-state index in [1.54, 1.807) is 18.2 Å². The average Bonchev–Trinajstić information content (AvgIpc) is 2.36. The molecule has 5 nitrogen and oxygen atoms in total. The number of carbonyl (C=O) groups is 2. The fourth-order valence-corrected chi connectivity index (χ4v) is 1.61. The molecule has 0 fully saturated rings. The molecule has 0 aromatic heterocycles. The number of hydrogen-bond acceptors (Lipinski definition) is 3. The molecule has 0 saturated carbocycles.